The molecular weight excluding hydrogens is 350 g/mol. The van der Waals surface area contributed by atoms with E-state index in [1.54, 1.807) is 20.4 Å². The van der Waals surface area contributed by atoms with E-state index in [0.717, 1.165) is 40.5 Å². The van der Waals surface area contributed by atoms with Crippen molar-refractivity contribution in [2.45, 2.75) is 6.54 Å². The molecule has 0 saturated heterocycles. The van der Waals surface area contributed by atoms with Crippen molar-refractivity contribution in [3.8, 4) is 11.5 Å². The summed E-state index contributed by atoms with van der Waals surface area (Å²) < 4.78 is 12.7. The lowest BCUT2D eigenvalue weighted by molar-refractivity contribution is 0.394. The van der Waals surface area contributed by atoms with Crippen LogP contribution in [0, 0.1) is 0 Å². The fraction of sp³-hybridized carbons (Fsp3) is 0.130. The van der Waals surface area contributed by atoms with Gasteiger partial charge in [-0.05, 0) is 35.4 Å². The molecule has 2 heterocycles. The van der Waals surface area contributed by atoms with E-state index in [9.17, 15) is 0 Å². The second-order valence-electron chi connectivity index (χ2n) is 6.41. The zero-order chi connectivity index (χ0) is 19.3. The smallest absolute Gasteiger partial charge is 0.158 e. The van der Waals surface area contributed by atoms with E-state index < -0.39 is 0 Å². The fourth-order valence-electron chi connectivity index (χ4n) is 3.07. The lowest BCUT2D eigenvalue weighted by Crippen LogP contribution is -1.99. The third-order valence-electron chi connectivity index (χ3n) is 4.50. The molecule has 0 atom stereocenters. The van der Waals surface area contributed by atoms with Gasteiger partial charge in [0.1, 0.15) is 17.0 Å². The Hall–Kier alpha value is -3.60. The third-order valence-corrected chi connectivity index (χ3v) is 4.50. The van der Waals surface area contributed by atoms with Crippen molar-refractivity contribution in [3.63, 3.8) is 0 Å². The summed E-state index contributed by atoms with van der Waals surface area (Å²) in [7, 11) is 3.28. The topological polar surface area (TPSA) is 49.2 Å². The van der Waals surface area contributed by atoms with Crippen LogP contribution in [-0.4, -0.2) is 28.8 Å². The van der Waals surface area contributed by atoms with Gasteiger partial charge in [0.2, 0.25) is 0 Å². The van der Waals surface area contributed by atoms with Crippen LogP contribution in [0.4, 0.5) is 0 Å². The Kier molecular flexibility index (Phi) is 5.06. The summed E-state index contributed by atoms with van der Waals surface area (Å²) in [4.78, 5) is 9.32. The van der Waals surface area contributed by atoms with Gasteiger partial charge in [-0.25, -0.2) is 9.97 Å². The van der Waals surface area contributed by atoms with E-state index >= 15 is 0 Å². The highest BCUT2D eigenvalue weighted by molar-refractivity contribution is 5.75. The Labute approximate surface area is 163 Å². The average molecular weight is 371 g/mol. The number of rotatable bonds is 6. The van der Waals surface area contributed by atoms with Crippen molar-refractivity contribution in [3.05, 3.63) is 83.8 Å². The zero-order valence-corrected chi connectivity index (χ0v) is 15.9. The first-order valence-electron chi connectivity index (χ1n) is 9.02. The molecular formula is C23H21N3O2. The van der Waals surface area contributed by atoms with Gasteiger partial charge in [0.15, 0.2) is 5.65 Å². The maximum atomic E-state index is 5.31. The molecule has 5 heteroatoms. The molecule has 4 rings (SSSR count). The highest BCUT2D eigenvalue weighted by atomic mass is 16.5. The molecule has 0 fully saturated rings. The highest BCUT2D eigenvalue weighted by Gasteiger charge is 2.05. The second kappa shape index (κ2) is 7.96. The van der Waals surface area contributed by atoms with Crippen LogP contribution in [-0.2, 0) is 6.54 Å². The standard InChI is InChI=1S/C23H21N3O2/c1-27-20-12-18(13-21(14-20)28-2)8-9-19-15-24-23-22(25-19)10-11-26(23)16-17-6-4-3-5-7-17/h3-15H,16H2,1-2H3/b9-8+. The van der Waals surface area contributed by atoms with Gasteiger partial charge in [-0.2, -0.15) is 0 Å². The summed E-state index contributed by atoms with van der Waals surface area (Å²) in [6, 6.07) is 18.1. The van der Waals surface area contributed by atoms with Gasteiger partial charge in [-0.15, -0.1) is 0 Å². The number of fused-ring (bicyclic) bond motifs is 1. The molecule has 2 aromatic carbocycles. The zero-order valence-electron chi connectivity index (χ0n) is 15.9. The van der Waals surface area contributed by atoms with E-state index in [2.05, 4.69) is 21.7 Å². The molecule has 28 heavy (non-hydrogen) atoms. The molecule has 0 unspecified atom stereocenters. The Morgan fingerprint density at radius 1 is 0.929 bits per heavy atom. The number of hydrogen-bond acceptors (Lipinski definition) is 4. The normalized spacial score (nSPS) is 11.2. The van der Waals surface area contributed by atoms with Gasteiger partial charge in [-0.3, -0.25) is 0 Å². The first-order chi connectivity index (χ1) is 13.7. The minimum Gasteiger partial charge on any atom is -0.497 e. The molecule has 0 aliphatic heterocycles. The SMILES string of the molecule is COc1cc(/C=C/c2cnc3c(ccn3Cc3ccccc3)n2)cc(OC)c1. The van der Waals surface area contributed by atoms with Gasteiger partial charge in [0.05, 0.1) is 26.1 Å². The average Bonchev–Trinajstić information content (AvgIpc) is 3.14. The van der Waals surface area contributed by atoms with Gasteiger partial charge in [-0.1, -0.05) is 36.4 Å². The number of aromatic nitrogens is 3. The van der Waals surface area contributed by atoms with Gasteiger partial charge >= 0.3 is 0 Å². The van der Waals surface area contributed by atoms with Crippen LogP contribution in [0.5, 0.6) is 11.5 Å². The van der Waals surface area contributed by atoms with E-state index in [-0.39, 0.29) is 0 Å². The number of hydrogen-bond donors (Lipinski definition) is 0. The van der Waals surface area contributed by atoms with Crippen molar-refractivity contribution in [2.24, 2.45) is 0 Å². The van der Waals surface area contributed by atoms with Gasteiger partial charge < -0.3 is 14.0 Å². The highest BCUT2D eigenvalue weighted by Crippen LogP contribution is 2.24. The molecule has 140 valence electrons. The monoisotopic (exact) mass is 371 g/mol. The second-order valence-corrected chi connectivity index (χ2v) is 6.41. The lowest BCUT2D eigenvalue weighted by atomic mass is 10.1. The maximum absolute atomic E-state index is 5.31. The van der Waals surface area contributed by atoms with Crippen molar-refractivity contribution >= 4 is 23.3 Å². The number of ether oxygens (including phenoxy) is 2. The molecule has 0 N–H and O–H groups in total. The fourth-order valence-corrected chi connectivity index (χ4v) is 3.07. The lowest BCUT2D eigenvalue weighted by Gasteiger charge is -2.06. The number of nitrogens with zero attached hydrogens (tertiary/aromatic N) is 3. The van der Waals surface area contributed by atoms with Crippen molar-refractivity contribution < 1.29 is 9.47 Å². The molecule has 5 nitrogen and oxygen atoms in total. The maximum Gasteiger partial charge on any atom is 0.158 e. The summed E-state index contributed by atoms with van der Waals surface area (Å²) in [5, 5.41) is 0. The van der Waals surface area contributed by atoms with Gasteiger partial charge in [0.25, 0.3) is 0 Å². The van der Waals surface area contributed by atoms with E-state index in [1.807, 2.05) is 60.8 Å². The van der Waals surface area contributed by atoms with Crippen LogP contribution >= 0.6 is 0 Å². The van der Waals surface area contributed by atoms with Crippen LogP contribution in [0.15, 0.2) is 67.0 Å². The minimum absolute atomic E-state index is 0.749. The molecule has 0 aliphatic rings. The Morgan fingerprint density at radius 3 is 2.39 bits per heavy atom. The van der Waals surface area contributed by atoms with Crippen LogP contribution < -0.4 is 9.47 Å². The molecule has 0 aliphatic carbocycles. The first kappa shape index (κ1) is 17.8. The Bertz CT molecular complexity index is 1100. The largest absolute Gasteiger partial charge is 0.497 e. The molecule has 0 radical (unpaired) electrons. The molecule has 2 aromatic heterocycles. The molecule has 4 aromatic rings. The van der Waals surface area contributed by atoms with Gasteiger partial charge in [0, 0.05) is 18.8 Å². The Morgan fingerprint density at radius 2 is 1.68 bits per heavy atom. The summed E-state index contributed by atoms with van der Waals surface area (Å²) in [5.41, 5.74) is 4.76. The number of benzene rings is 2. The number of methoxy groups -OCH3 is 2. The molecule has 0 saturated carbocycles. The quantitative estimate of drug-likeness (QED) is 0.494. The Balaban J connectivity index is 1.58. The van der Waals surface area contributed by atoms with E-state index in [0.29, 0.717) is 0 Å². The van der Waals surface area contributed by atoms with Crippen LogP contribution in [0.2, 0.25) is 0 Å². The molecule has 0 bridgehead atoms. The van der Waals surface area contributed by atoms with E-state index in [4.69, 9.17) is 14.5 Å². The van der Waals surface area contributed by atoms with Crippen LogP contribution in [0.25, 0.3) is 23.3 Å². The van der Waals surface area contributed by atoms with Crippen molar-refractivity contribution in [2.75, 3.05) is 14.2 Å². The summed E-state index contributed by atoms with van der Waals surface area (Å²) in [6.07, 6.45) is 7.73. The summed E-state index contributed by atoms with van der Waals surface area (Å²) in [5.74, 6) is 1.50. The summed E-state index contributed by atoms with van der Waals surface area (Å²) >= 11 is 0. The molecule has 0 amide bonds. The third kappa shape index (κ3) is 3.88. The van der Waals surface area contributed by atoms with Crippen LogP contribution in [0.1, 0.15) is 16.8 Å². The predicted molar refractivity (Wildman–Crippen MR) is 112 cm³/mol. The minimum atomic E-state index is 0.749. The predicted octanol–water partition coefficient (Wildman–Crippen LogP) is 4.67. The van der Waals surface area contributed by atoms with E-state index in [1.165, 1.54) is 5.56 Å². The molecule has 0 spiro atoms. The summed E-state index contributed by atoms with van der Waals surface area (Å²) in [6.45, 7) is 0.776. The van der Waals surface area contributed by atoms with Crippen molar-refractivity contribution in [1.82, 2.24) is 14.5 Å². The first-order valence-corrected chi connectivity index (χ1v) is 9.02. The van der Waals surface area contributed by atoms with Crippen LogP contribution in [0.3, 0.4) is 0 Å². The van der Waals surface area contributed by atoms with Crippen molar-refractivity contribution in [1.29, 1.82) is 0 Å².